The number of hydrogen-bond donors (Lipinski definition) is 0. The Morgan fingerprint density at radius 2 is 1.88 bits per heavy atom. The van der Waals surface area contributed by atoms with Crippen molar-refractivity contribution in [3.05, 3.63) is 40.8 Å². The lowest BCUT2D eigenvalue weighted by Gasteiger charge is -2.16. The Kier molecular flexibility index (Phi) is 7.33. The van der Waals surface area contributed by atoms with Crippen molar-refractivity contribution in [2.75, 3.05) is 19.8 Å². The highest BCUT2D eigenvalue weighted by molar-refractivity contribution is 8.18. The highest BCUT2D eigenvalue weighted by Gasteiger charge is 2.34. The van der Waals surface area contributed by atoms with Gasteiger partial charge < -0.3 is 9.47 Å². The SMILES string of the molecule is C=CCc1cc(/C=C2/SC(=O)N(CCC)C2=O)cc(OCC)c1OCC. The molecule has 5 nitrogen and oxygen atoms in total. The smallest absolute Gasteiger partial charge is 0.293 e. The molecule has 0 spiro atoms. The Labute approximate surface area is 159 Å². The zero-order valence-electron chi connectivity index (χ0n) is 15.5. The summed E-state index contributed by atoms with van der Waals surface area (Å²) in [5.41, 5.74) is 1.74. The van der Waals surface area contributed by atoms with Crippen LogP contribution in [0, 0.1) is 0 Å². The van der Waals surface area contributed by atoms with Crippen LogP contribution in [-0.2, 0) is 11.2 Å². The van der Waals surface area contributed by atoms with Gasteiger partial charge in [0.2, 0.25) is 0 Å². The Hall–Kier alpha value is -2.21. The van der Waals surface area contributed by atoms with Crippen molar-refractivity contribution in [3.8, 4) is 11.5 Å². The van der Waals surface area contributed by atoms with Gasteiger partial charge in [0.05, 0.1) is 18.1 Å². The van der Waals surface area contributed by atoms with Gasteiger partial charge in [-0.1, -0.05) is 13.0 Å². The maximum absolute atomic E-state index is 12.4. The van der Waals surface area contributed by atoms with Crippen LogP contribution in [0.5, 0.6) is 11.5 Å². The number of carbonyl (C=O) groups is 2. The topological polar surface area (TPSA) is 55.8 Å². The summed E-state index contributed by atoms with van der Waals surface area (Å²) in [6.45, 7) is 11.0. The minimum atomic E-state index is -0.237. The van der Waals surface area contributed by atoms with E-state index < -0.39 is 0 Å². The summed E-state index contributed by atoms with van der Waals surface area (Å²) < 4.78 is 11.5. The Morgan fingerprint density at radius 3 is 2.50 bits per heavy atom. The van der Waals surface area contributed by atoms with Gasteiger partial charge in [-0.3, -0.25) is 14.5 Å². The van der Waals surface area contributed by atoms with Gasteiger partial charge in [-0.2, -0.15) is 0 Å². The highest BCUT2D eigenvalue weighted by atomic mass is 32.2. The third-order valence-corrected chi connectivity index (χ3v) is 4.63. The number of amides is 2. The first kappa shape index (κ1) is 20.1. The molecule has 1 aromatic carbocycles. The van der Waals surface area contributed by atoms with E-state index >= 15 is 0 Å². The molecule has 26 heavy (non-hydrogen) atoms. The van der Waals surface area contributed by atoms with Crippen LogP contribution < -0.4 is 9.47 Å². The van der Waals surface area contributed by atoms with Gasteiger partial charge in [-0.15, -0.1) is 6.58 Å². The fourth-order valence-electron chi connectivity index (χ4n) is 2.71. The van der Waals surface area contributed by atoms with Crippen LogP contribution in [0.1, 0.15) is 38.3 Å². The van der Waals surface area contributed by atoms with E-state index in [1.165, 1.54) is 4.90 Å². The molecule has 1 aromatic rings. The number of ether oxygens (including phenoxy) is 2. The Balaban J connectivity index is 2.44. The molecule has 1 aliphatic heterocycles. The first-order valence-corrected chi connectivity index (χ1v) is 9.66. The predicted octanol–water partition coefficient (Wildman–Crippen LogP) is 4.66. The maximum atomic E-state index is 12.4. The second-order valence-corrected chi connectivity index (χ2v) is 6.69. The standard InChI is InChI=1S/C20H25NO4S/c1-5-9-15-11-14(12-16(24-7-3)18(15)25-8-4)13-17-19(22)21(10-6-2)20(23)26-17/h5,11-13H,1,6-10H2,2-4H3/b17-13+. The number of thioether (sulfide) groups is 1. The monoisotopic (exact) mass is 375 g/mol. The second-order valence-electron chi connectivity index (χ2n) is 5.70. The molecule has 1 aliphatic rings. The first-order chi connectivity index (χ1) is 12.5. The van der Waals surface area contributed by atoms with Gasteiger partial charge >= 0.3 is 0 Å². The molecule has 6 heteroatoms. The normalized spacial score (nSPS) is 15.7. The fourth-order valence-corrected chi connectivity index (χ4v) is 3.58. The molecule has 0 atom stereocenters. The number of benzene rings is 1. The number of carbonyl (C=O) groups excluding carboxylic acids is 2. The zero-order chi connectivity index (χ0) is 19.1. The molecule has 0 saturated carbocycles. The molecule has 2 rings (SSSR count). The molecule has 0 unspecified atom stereocenters. The average molecular weight is 375 g/mol. The largest absolute Gasteiger partial charge is 0.490 e. The summed E-state index contributed by atoms with van der Waals surface area (Å²) in [5, 5.41) is -0.217. The molecule has 1 saturated heterocycles. The van der Waals surface area contributed by atoms with Crippen molar-refractivity contribution in [1.82, 2.24) is 4.90 Å². The summed E-state index contributed by atoms with van der Waals surface area (Å²) in [6.07, 6.45) is 4.90. The zero-order valence-corrected chi connectivity index (χ0v) is 16.4. The second kappa shape index (κ2) is 9.48. The average Bonchev–Trinajstić information content (AvgIpc) is 2.86. The minimum absolute atomic E-state index is 0.217. The third-order valence-electron chi connectivity index (χ3n) is 3.73. The van der Waals surface area contributed by atoms with Crippen LogP contribution in [0.2, 0.25) is 0 Å². The lowest BCUT2D eigenvalue weighted by atomic mass is 10.0. The van der Waals surface area contributed by atoms with Crippen molar-refractivity contribution in [2.45, 2.75) is 33.6 Å². The summed E-state index contributed by atoms with van der Waals surface area (Å²) in [4.78, 5) is 26.2. The highest BCUT2D eigenvalue weighted by Crippen LogP contribution is 2.37. The van der Waals surface area contributed by atoms with Crippen LogP contribution in [0.25, 0.3) is 6.08 Å². The summed E-state index contributed by atoms with van der Waals surface area (Å²) >= 11 is 0.976. The molecule has 2 amide bonds. The van der Waals surface area contributed by atoms with Crippen molar-refractivity contribution < 1.29 is 19.1 Å². The molecular formula is C20H25NO4S. The van der Waals surface area contributed by atoms with Gasteiger partial charge in [-0.25, -0.2) is 0 Å². The van der Waals surface area contributed by atoms with Crippen molar-refractivity contribution in [1.29, 1.82) is 0 Å². The minimum Gasteiger partial charge on any atom is -0.490 e. The van der Waals surface area contributed by atoms with E-state index in [2.05, 4.69) is 6.58 Å². The number of nitrogens with zero attached hydrogens (tertiary/aromatic N) is 1. The summed E-state index contributed by atoms with van der Waals surface area (Å²) in [6, 6.07) is 3.79. The van der Waals surface area contributed by atoms with Crippen LogP contribution in [-0.4, -0.2) is 35.8 Å². The lowest BCUT2D eigenvalue weighted by Crippen LogP contribution is -2.28. The van der Waals surface area contributed by atoms with E-state index in [-0.39, 0.29) is 11.1 Å². The van der Waals surface area contributed by atoms with Crippen molar-refractivity contribution >= 4 is 29.0 Å². The van der Waals surface area contributed by atoms with E-state index in [1.807, 2.05) is 32.9 Å². The van der Waals surface area contributed by atoms with Crippen molar-refractivity contribution in [2.24, 2.45) is 0 Å². The Bertz CT molecular complexity index is 727. The van der Waals surface area contributed by atoms with Gasteiger partial charge in [0.25, 0.3) is 11.1 Å². The summed E-state index contributed by atoms with van der Waals surface area (Å²) in [7, 11) is 0. The molecular weight excluding hydrogens is 350 g/mol. The van der Waals surface area contributed by atoms with E-state index in [0.29, 0.717) is 42.6 Å². The molecule has 140 valence electrons. The number of imide groups is 1. The molecule has 0 aromatic heterocycles. The van der Waals surface area contributed by atoms with Crippen LogP contribution in [0.4, 0.5) is 4.79 Å². The van der Waals surface area contributed by atoms with Crippen LogP contribution >= 0.6 is 11.8 Å². The summed E-state index contributed by atoms with van der Waals surface area (Å²) in [5.74, 6) is 1.09. The number of rotatable bonds is 9. The van der Waals surface area contributed by atoms with Gasteiger partial charge in [0.1, 0.15) is 0 Å². The molecule has 1 fully saturated rings. The molecule has 1 heterocycles. The molecule has 0 bridgehead atoms. The first-order valence-electron chi connectivity index (χ1n) is 8.84. The van der Waals surface area contributed by atoms with E-state index in [1.54, 1.807) is 12.2 Å². The van der Waals surface area contributed by atoms with Gasteiger partial charge in [0, 0.05) is 12.1 Å². The van der Waals surface area contributed by atoms with Gasteiger partial charge in [-0.05, 0) is 62.2 Å². The van der Waals surface area contributed by atoms with Gasteiger partial charge in [0.15, 0.2) is 11.5 Å². The molecule has 0 N–H and O–H groups in total. The van der Waals surface area contributed by atoms with E-state index in [4.69, 9.17) is 9.47 Å². The predicted molar refractivity (Wildman–Crippen MR) is 106 cm³/mol. The van der Waals surface area contributed by atoms with Crippen molar-refractivity contribution in [3.63, 3.8) is 0 Å². The fraction of sp³-hybridized carbons (Fsp3) is 0.400. The van der Waals surface area contributed by atoms with E-state index in [9.17, 15) is 9.59 Å². The lowest BCUT2D eigenvalue weighted by molar-refractivity contribution is -0.122. The van der Waals surface area contributed by atoms with E-state index in [0.717, 1.165) is 29.3 Å². The third kappa shape index (κ3) is 4.49. The number of allylic oxidation sites excluding steroid dienone is 1. The quantitative estimate of drug-likeness (QED) is 0.464. The number of hydrogen-bond acceptors (Lipinski definition) is 5. The Morgan fingerprint density at radius 1 is 1.15 bits per heavy atom. The van der Waals surface area contributed by atoms with Crippen LogP contribution in [0.15, 0.2) is 29.7 Å². The van der Waals surface area contributed by atoms with Crippen LogP contribution in [0.3, 0.4) is 0 Å². The molecule has 0 aliphatic carbocycles. The molecule has 0 radical (unpaired) electrons. The maximum Gasteiger partial charge on any atom is 0.293 e.